The maximum Gasteiger partial charge on any atom is 0.217 e. The minimum atomic E-state index is -2.59. The van der Waals surface area contributed by atoms with E-state index < -0.39 is 390 Å². The molecule has 0 aromatic heterocycles. The molecule has 31 N–H and O–H groups in total. The summed E-state index contributed by atoms with van der Waals surface area (Å²) in [6, 6.07) is -7.45. The second-order valence-corrected chi connectivity index (χ2v) is 31.0. The van der Waals surface area contributed by atoms with Crippen molar-refractivity contribution in [3.05, 3.63) is 0 Å². The average Bonchev–Trinajstić information content (AvgIpc) is 0.762. The number of carbonyl (C=O) groups excluding carboxylic acids is 4. The third-order valence-electron chi connectivity index (χ3n) is 22.4. The van der Waals surface area contributed by atoms with Gasteiger partial charge in [0, 0.05) is 27.7 Å². The van der Waals surface area contributed by atoms with Gasteiger partial charge in [-0.3, -0.25) is 19.2 Å². The van der Waals surface area contributed by atoms with Crippen LogP contribution in [0.25, 0.3) is 0 Å². The van der Waals surface area contributed by atoms with E-state index in [2.05, 4.69) is 21.3 Å². The molecule has 0 saturated carbocycles. The molecular weight excluding hydrogens is 1670 g/mol. The van der Waals surface area contributed by atoms with Crippen molar-refractivity contribution in [1.29, 1.82) is 0 Å². The van der Waals surface area contributed by atoms with Crippen LogP contribution in [-0.4, -0.2) is 528 Å². The molecule has 10 saturated heterocycles. The van der Waals surface area contributed by atoms with Crippen molar-refractivity contribution >= 4 is 23.6 Å². The standard InChI is InChI=1S/C68H114N4O50/c1-15-33(83)43(93)48(98)63(107-15)106-14-28-56(39(89)29(59(103)108-28)69-16(2)79)117-61-31(71-18(4)81)41(91)55(25(11-78)113-61)120-67-52(102)57(121-68-58(47(97)36(86)22(8-75)111-68)122-62-32(72-19(5)82)42(92)54(24(10-77)114-62)119-66-51(101)45(95)35(85)21(7-74)110-66)38(88)27(116-67)13-105-64-49(99)46(96)37(87)26(115-64)12-104-60-30(70-17(3)80)40(90)53(23(9-76)112-60)118-65-50(100)44(94)34(84)20(6-73)109-65/h15,20-68,73-78,83-103H,6-14H2,1-5H3,(H,69,79)(H,70,80)(H,71,81)(H,72,82)/t15-,20-,21-,22-,23-,24-,25-,26-,27-,28-,29-,30-,31-,32-,33+,34+,35+,36-,37-,38-,39-,40-,41-,42-,43+,44+,45+,46+,47+,48-,49+,50-,51-,52+,53-,54-,55-,56-,57+,58+,59-,60-,61+,62+,63+,64+,65+,66+,67+,68-/m1/s1. The molecular formula is C68H114N4O50. The predicted octanol–water partition coefficient (Wildman–Crippen LogP) is -21.2. The van der Waals surface area contributed by atoms with Crippen molar-refractivity contribution in [2.45, 2.75) is 341 Å². The summed E-state index contributed by atoms with van der Waals surface area (Å²) in [6.07, 6.45) is -93.7. The summed E-state index contributed by atoms with van der Waals surface area (Å²) in [5.41, 5.74) is 0. The molecule has 4 amide bonds. The van der Waals surface area contributed by atoms with Gasteiger partial charge in [0.1, 0.15) is 238 Å². The molecule has 10 rings (SSSR count). The third-order valence-corrected chi connectivity index (χ3v) is 22.4. The smallest absolute Gasteiger partial charge is 0.217 e. The lowest BCUT2D eigenvalue weighted by Gasteiger charge is -2.51. The quantitative estimate of drug-likeness (QED) is 0.0306. The Hall–Kier alpha value is -3.96. The summed E-state index contributed by atoms with van der Waals surface area (Å²) in [5, 5.41) is 309. The average molecular weight is 1790 g/mol. The maximum atomic E-state index is 13.2. The molecule has 0 bridgehead atoms. The Morgan fingerprint density at radius 3 is 0.926 bits per heavy atom. The highest BCUT2D eigenvalue weighted by molar-refractivity contribution is 5.74. The van der Waals surface area contributed by atoms with Gasteiger partial charge in [0.25, 0.3) is 0 Å². The Kier molecular flexibility index (Phi) is 35.8. The number of aliphatic hydroxyl groups is 27. The van der Waals surface area contributed by atoms with Gasteiger partial charge in [0.2, 0.25) is 23.6 Å². The normalized spacial score (nSPS) is 49.7. The Morgan fingerprint density at radius 1 is 0.230 bits per heavy atom. The largest absolute Gasteiger partial charge is 0.394 e. The number of carbonyl (C=O) groups is 4. The molecule has 10 aliphatic rings. The Bertz CT molecular complexity index is 3290. The van der Waals surface area contributed by atoms with Gasteiger partial charge in [0.05, 0.1) is 65.6 Å². The van der Waals surface area contributed by atoms with E-state index in [1.807, 2.05) is 0 Å². The molecule has 54 nitrogen and oxygen atoms in total. The van der Waals surface area contributed by atoms with Crippen LogP contribution < -0.4 is 21.3 Å². The monoisotopic (exact) mass is 1790 g/mol. The van der Waals surface area contributed by atoms with Gasteiger partial charge < -0.3 is 249 Å². The van der Waals surface area contributed by atoms with Gasteiger partial charge in [-0.2, -0.15) is 0 Å². The lowest BCUT2D eigenvalue weighted by molar-refractivity contribution is -0.397. The van der Waals surface area contributed by atoms with Crippen LogP contribution >= 0.6 is 0 Å². The minimum absolute atomic E-state index is 0.839. The van der Waals surface area contributed by atoms with Crippen molar-refractivity contribution in [3.63, 3.8) is 0 Å². The molecule has 10 aliphatic heterocycles. The van der Waals surface area contributed by atoms with E-state index >= 15 is 0 Å². The molecule has 0 unspecified atom stereocenters. The lowest BCUT2D eigenvalue weighted by atomic mass is 9.93. The lowest BCUT2D eigenvalue weighted by Crippen LogP contribution is -2.71. The summed E-state index contributed by atoms with van der Waals surface area (Å²) >= 11 is 0. The van der Waals surface area contributed by atoms with E-state index in [4.69, 9.17) is 90.0 Å². The summed E-state index contributed by atoms with van der Waals surface area (Å²) in [7, 11) is 0. The van der Waals surface area contributed by atoms with Crippen LogP contribution in [-0.2, 0) is 109 Å². The fourth-order valence-corrected chi connectivity index (χ4v) is 15.7. The number of nitrogens with one attached hydrogen (secondary N) is 4. The van der Waals surface area contributed by atoms with E-state index in [9.17, 15) is 157 Å². The topological polar surface area (TPSA) is 838 Å². The number of hydrogen-bond acceptors (Lipinski definition) is 50. The number of rotatable bonds is 31. The van der Waals surface area contributed by atoms with Crippen LogP contribution in [0.15, 0.2) is 0 Å². The summed E-state index contributed by atoms with van der Waals surface area (Å²) in [6.45, 7) is -4.36. The van der Waals surface area contributed by atoms with E-state index in [0.717, 1.165) is 27.7 Å². The van der Waals surface area contributed by atoms with Crippen LogP contribution in [0.4, 0.5) is 0 Å². The molecule has 0 spiro atoms. The first kappa shape index (κ1) is 100. The molecule has 0 radical (unpaired) electrons. The van der Waals surface area contributed by atoms with E-state index in [1.54, 1.807) is 0 Å². The Labute approximate surface area is 691 Å². The van der Waals surface area contributed by atoms with Crippen LogP contribution in [0.1, 0.15) is 34.6 Å². The minimum Gasteiger partial charge on any atom is -0.394 e. The predicted molar refractivity (Wildman–Crippen MR) is 375 cm³/mol. The summed E-state index contributed by atoms with van der Waals surface area (Å²) in [4.78, 5) is 51.3. The fourth-order valence-electron chi connectivity index (χ4n) is 15.7. The van der Waals surface area contributed by atoms with Gasteiger partial charge in [-0.15, -0.1) is 0 Å². The first-order valence-corrected chi connectivity index (χ1v) is 39.0. The molecule has 0 aromatic carbocycles. The van der Waals surface area contributed by atoms with Gasteiger partial charge in [0.15, 0.2) is 62.9 Å². The zero-order valence-corrected chi connectivity index (χ0v) is 65.7. The molecule has 10 fully saturated rings. The first-order chi connectivity index (χ1) is 57.6. The van der Waals surface area contributed by atoms with Crippen molar-refractivity contribution < 1.29 is 247 Å². The highest BCUT2D eigenvalue weighted by Gasteiger charge is 2.61. The van der Waals surface area contributed by atoms with Gasteiger partial charge >= 0.3 is 0 Å². The van der Waals surface area contributed by atoms with Gasteiger partial charge in [-0.05, 0) is 6.92 Å². The van der Waals surface area contributed by atoms with Crippen molar-refractivity contribution in [1.82, 2.24) is 21.3 Å². The van der Waals surface area contributed by atoms with Crippen LogP contribution in [0, 0.1) is 0 Å². The van der Waals surface area contributed by atoms with Gasteiger partial charge in [-0.25, -0.2) is 0 Å². The zero-order valence-electron chi connectivity index (χ0n) is 65.7. The number of hydrogen-bond donors (Lipinski definition) is 31. The number of amides is 4. The van der Waals surface area contributed by atoms with E-state index in [0.29, 0.717) is 0 Å². The first-order valence-electron chi connectivity index (χ1n) is 39.0. The molecule has 0 aromatic rings. The second kappa shape index (κ2) is 43.6. The summed E-state index contributed by atoms with van der Waals surface area (Å²) in [5.74, 6) is -3.64. The third kappa shape index (κ3) is 22.2. The summed E-state index contributed by atoms with van der Waals surface area (Å²) < 4.78 is 112. The van der Waals surface area contributed by atoms with Crippen molar-refractivity contribution in [2.75, 3.05) is 59.5 Å². The SMILES string of the molecule is CC(=O)N[C@@H]1[C@@H](O)[C@H](O[C@@H]2O[C@H](CO)[C@@H](O[C@@H]3O[C@H](CO[C@H]4O[C@H](CO[C@@H]5O[C@H](CO)[C@@H](O[C@@H]6O[C@H](CO)[C@H](O)[C@H](O)[C@H]6O)[C@H](O)[C@H]5NC(C)=O)[C@@H](O)[C@H](O)[C@@H]4O)[C@@H](O)[C@H](O[C@H]4O[C@H](CO)[C@@H](O)[C@H](O)[C@@H]4O[C@@H]4O[C@H](CO)[C@@H](O[C@@H]5O[C@H](CO)[C@H](O)[C@H](O)[C@H]5O)[C@H](O)[C@H]4NC(C)=O)[C@@H]3O)[C@H](O)[C@H]2NC(C)=O)[C@@H](CO[C@H]2O[C@H](C)[C@H](O)[C@H](O)[C@H]2O)O[C@H]1O. The molecule has 122 heavy (non-hydrogen) atoms. The van der Waals surface area contributed by atoms with Crippen LogP contribution in [0.3, 0.4) is 0 Å². The number of aliphatic hydroxyl groups excluding tert-OH is 27. The fraction of sp³-hybridized carbons (Fsp3) is 0.941. The highest BCUT2D eigenvalue weighted by atomic mass is 16.8. The molecule has 10 heterocycles. The highest BCUT2D eigenvalue weighted by Crippen LogP contribution is 2.40. The van der Waals surface area contributed by atoms with Crippen molar-refractivity contribution in [3.8, 4) is 0 Å². The van der Waals surface area contributed by atoms with Crippen LogP contribution in [0.5, 0.6) is 0 Å². The molecule has 54 heteroatoms. The second-order valence-electron chi connectivity index (χ2n) is 31.0. The zero-order chi connectivity index (χ0) is 89.8. The van der Waals surface area contributed by atoms with E-state index in [1.165, 1.54) is 6.92 Å². The molecule has 50 atom stereocenters. The molecule has 706 valence electrons. The molecule has 0 aliphatic carbocycles. The van der Waals surface area contributed by atoms with E-state index in [-0.39, 0.29) is 0 Å². The van der Waals surface area contributed by atoms with Gasteiger partial charge in [-0.1, -0.05) is 0 Å². The number of ether oxygens (including phenoxy) is 19. The van der Waals surface area contributed by atoms with Crippen molar-refractivity contribution in [2.24, 2.45) is 0 Å². The van der Waals surface area contributed by atoms with Crippen LogP contribution in [0.2, 0.25) is 0 Å². The maximum absolute atomic E-state index is 13.2. The Morgan fingerprint density at radius 2 is 0.500 bits per heavy atom. The Balaban J connectivity index is 0.943.